The summed E-state index contributed by atoms with van der Waals surface area (Å²) < 4.78 is 13.7. The van der Waals surface area contributed by atoms with E-state index in [1.54, 1.807) is 17.4 Å². The van der Waals surface area contributed by atoms with E-state index >= 15 is 0 Å². The van der Waals surface area contributed by atoms with Gasteiger partial charge in [-0.15, -0.1) is 0 Å². The number of hydrogen-bond acceptors (Lipinski definition) is 4. The van der Waals surface area contributed by atoms with Gasteiger partial charge in [-0.05, 0) is 33.4 Å². The molecule has 0 fully saturated rings. The number of aromatic nitrogens is 1. The molecule has 84 valence electrons. The summed E-state index contributed by atoms with van der Waals surface area (Å²) in [6.45, 7) is 0. The van der Waals surface area contributed by atoms with Crippen molar-refractivity contribution in [3.05, 3.63) is 50.6 Å². The van der Waals surface area contributed by atoms with Crippen LogP contribution >= 0.6 is 27.3 Å². The maximum Gasteiger partial charge on any atom is 0.141 e. The molecule has 1 unspecified atom stereocenters. The second kappa shape index (κ2) is 5.01. The molecular weight excluding hydrogens is 293 g/mol. The minimum atomic E-state index is -0.357. The summed E-state index contributed by atoms with van der Waals surface area (Å²) in [5.74, 6) is 5.15. The van der Waals surface area contributed by atoms with Crippen LogP contribution in [0.15, 0.2) is 33.6 Å². The molecule has 2 rings (SSSR count). The second-order valence-corrected chi connectivity index (χ2v) is 4.77. The molecule has 0 radical (unpaired) electrons. The third-order valence-electron chi connectivity index (χ3n) is 2.17. The maximum absolute atomic E-state index is 12.8. The van der Waals surface area contributed by atoms with Crippen molar-refractivity contribution < 1.29 is 4.39 Å². The average molecular weight is 302 g/mol. The minimum absolute atomic E-state index is 0.235. The van der Waals surface area contributed by atoms with E-state index < -0.39 is 0 Å². The van der Waals surface area contributed by atoms with E-state index in [9.17, 15) is 4.39 Å². The molecule has 0 saturated heterocycles. The van der Waals surface area contributed by atoms with Crippen LogP contribution in [-0.2, 0) is 0 Å². The lowest BCUT2D eigenvalue weighted by Crippen LogP contribution is -2.29. The lowest BCUT2D eigenvalue weighted by molar-refractivity contribution is 0.596. The van der Waals surface area contributed by atoms with Crippen LogP contribution in [0.3, 0.4) is 0 Å². The number of nitrogens with one attached hydrogen (secondary N) is 1. The Morgan fingerprint density at radius 1 is 1.44 bits per heavy atom. The van der Waals surface area contributed by atoms with Gasteiger partial charge in [0.1, 0.15) is 5.82 Å². The summed E-state index contributed by atoms with van der Waals surface area (Å²) in [5.41, 5.74) is 4.35. The van der Waals surface area contributed by atoms with Gasteiger partial charge < -0.3 is 0 Å². The number of nitrogens with two attached hydrogens (primary N) is 1. The average Bonchev–Trinajstić information content (AvgIpc) is 2.69. The monoisotopic (exact) mass is 301 g/mol. The molecule has 0 bridgehead atoms. The molecule has 0 amide bonds. The summed E-state index contributed by atoms with van der Waals surface area (Å²) in [4.78, 5) is 4.01. The Balaban J connectivity index is 2.37. The molecule has 0 spiro atoms. The fourth-order valence-electron chi connectivity index (χ4n) is 1.39. The van der Waals surface area contributed by atoms with E-state index in [1.807, 2.05) is 10.8 Å². The number of rotatable bonds is 3. The summed E-state index contributed by atoms with van der Waals surface area (Å²) in [7, 11) is 0. The normalized spacial score (nSPS) is 12.7. The van der Waals surface area contributed by atoms with Gasteiger partial charge in [0.25, 0.3) is 0 Å². The summed E-state index contributed by atoms with van der Waals surface area (Å²) >= 11 is 5.00. The van der Waals surface area contributed by atoms with E-state index in [-0.39, 0.29) is 11.9 Å². The van der Waals surface area contributed by atoms with Crippen LogP contribution in [0.2, 0.25) is 0 Å². The quantitative estimate of drug-likeness (QED) is 0.677. The zero-order valence-corrected chi connectivity index (χ0v) is 10.6. The van der Waals surface area contributed by atoms with E-state index in [4.69, 9.17) is 5.84 Å². The Hall–Kier alpha value is -0.820. The van der Waals surface area contributed by atoms with Crippen molar-refractivity contribution in [3.63, 3.8) is 0 Å². The minimum Gasteiger partial charge on any atom is -0.271 e. The predicted molar refractivity (Wildman–Crippen MR) is 65.4 cm³/mol. The summed E-state index contributed by atoms with van der Waals surface area (Å²) in [6, 6.07) is 2.75. The zero-order chi connectivity index (χ0) is 11.5. The van der Waals surface area contributed by atoms with Crippen molar-refractivity contribution in [1.29, 1.82) is 0 Å². The number of thiophene rings is 1. The third kappa shape index (κ3) is 2.30. The van der Waals surface area contributed by atoms with E-state index in [0.29, 0.717) is 5.69 Å². The molecule has 2 aromatic rings. The number of hydrazine groups is 1. The Morgan fingerprint density at radius 2 is 2.25 bits per heavy atom. The number of pyridine rings is 1. The van der Waals surface area contributed by atoms with Crippen LogP contribution in [0.4, 0.5) is 4.39 Å². The number of nitrogens with zero attached hydrogens (tertiary/aromatic N) is 1. The predicted octanol–water partition coefficient (Wildman–Crippen LogP) is 2.60. The molecule has 2 aromatic heterocycles. The molecule has 0 aliphatic carbocycles. The molecule has 0 aromatic carbocycles. The summed E-state index contributed by atoms with van der Waals surface area (Å²) in [5, 5.41) is 3.93. The van der Waals surface area contributed by atoms with Crippen molar-refractivity contribution in [1.82, 2.24) is 10.4 Å². The van der Waals surface area contributed by atoms with Crippen LogP contribution in [0.5, 0.6) is 0 Å². The maximum atomic E-state index is 12.8. The Bertz CT molecular complexity index is 471. The molecule has 16 heavy (non-hydrogen) atoms. The molecule has 3 N–H and O–H groups in total. The first-order chi connectivity index (χ1) is 7.72. The number of hydrogen-bond donors (Lipinski definition) is 2. The largest absolute Gasteiger partial charge is 0.271 e. The van der Waals surface area contributed by atoms with Crippen LogP contribution in [0.25, 0.3) is 0 Å². The zero-order valence-electron chi connectivity index (χ0n) is 8.15. The van der Waals surface area contributed by atoms with Gasteiger partial charge in [-0.25, -0.2) is 9.82 Å². The van der Waals surface area contributed by atoms with Crippen LogP contribution in [0.1, 0.15) is 17.3 Å². The van der Waals surface area contributed by atoms with Crippen LogP contribution in [-0.4, -0.2) is 4.98 Å². The first-order valence-electron chi connectivity index (χ1n) is 4.51. The Kier molecular flexibility index (Phi) is 3.65. The van der Waals surface area contributed by atoms with Crippen molar-refractivity contribution in [2.75, 3.05) is 0 Å². The second-order valence-electron chi connectivity index (χ2n) is 3.18. The van der Waals surface area contributed by atoms with E-state index in [1.165, 1.54) is 12.3 Å². The van der Waals surface area contributed by atoms with Crippen molar-refractivity contribution in [2.45, 2.75) is 6.04 Å². The molecule has 0 aliphatic heterocycles. The topological polar surface area (TPSA) is 50.9 Å². The van der Waals surface area contributed by atoms with Crippen molar-refractivity contribution in [2.24, 2.45) is 5.84 Å². The van der Waals surface area contributed by atoms with Gasteiger partial charge in [-0.2, -0.15) is 11.3 Å². The molecule has 0 aliphatic rings. The SMILES string of the molecule is NNC(c1ccc(F)cn1)c1cscc1Br. The first-order valence-corrected chi connectivity index (χ1v) is 6.25. The molecule has 6 heteroatoms. The van der Waals surface area contributed by atoms with E-state index in [2.05, 4.69) is 26.3 Å². The summed E-state index contributed by atoms with van der Waals surface area (Å²) in [6.07, 6.45) is 1.18. The standard InChI is InChI=1S/C10H9BrFN3S/c11-8-5-16-4-7(8)10(15-13)9-2-1-6(12)3-14-9/h1-5,10,15H,13H2. The highest BCUT2D eigenvalue weighted by molar-refractivity contribution is 9.10. The molecular formula is C10H9BrFN3S. The Morgan fingerprint density at radius 3 is 2.75 bits per heavy atom. The van der Waals surface area contributed by atoms with Crippen LogP contribution in [0, 0.1) is 5.82 Å². The molecule has 2 heterocycles. The van der Waals surface area contributed by atoms with Gasteiger partial charge in [-0.3, -0.25) is 10.8 Å². The fraction of sp³-hybridized carbons (Fsp3) is 0.100. The van der Waals surface area contributed by atoms with Crippen molar-refractivity contribution >= 4 is 27.3 Å². The van der Waals surface area contributed by atoms with Crippen LogP contribution < -0.4 is 11.3 Å². The Labute approximate surface area is 105 Å². The fourth-order valence-corrected chi connectivity index (χ4v) is 2.94. The molecule has 3 nitrogen and oxygen atoms in total. The highest BCUT2D eigenvalue weighted by Gasteiger charge is 2.17. The first kappa shape index (κ1) is 11.7. The van der Waals surface area contributed by atoms with Gasteiger partial charge in [0.2, 0.25) is 0 Å². The van der Waals surface area contributed by atoms with Gasteiger partial charge in [0.15, 0.2) is 0 Å². The third-order valence-corrected chi connectivity index (χ3v) is 3.92. The lowest BCUT2D eigenvalue weighted by Gasteiger charge is -2.14. The van der Waals surface area contributed by atoms with Gasteiger partial charge >= 0.3 is 0 Å². The number of halogens is 2. The lowest BCUT2D eigenvalue weighted by atomic mass is 10.1. The van der Waals surface area contributed by atoms with E-state index in [0.717, 1.165) is 10.0 Å². The molecule has 0 saturated carbocycles. The highest BCUT2D eigenvalue weighted by atomic mass is 79.9. The van der Waals surface area contributed by atoms with Crippen molar-refractivity contribution in [3.8, 4) is 0 Å². The van der Waals surface area contributed by atoms with Gasteiger partial charge in [0.05, 0.1) is 17.9 Å². The smallest absolute Gasteiger partial charge is 0.141 e. The highest BCUT2D eigenvalue weighted by Crippen LogP contribution is 2.30. The van der Waals surface area contributed by atoms with Gasteiger partial charge in [0, 0.05) is 15.4 Å². The molecule has 1 atom stereocenters. The van der Waals surface area contributed by atoms with Gasteiger partial charge in [-0.1, -0.05) is 0 Å².